The lowest BCUT2D eigenvalue weighted by molar-refractivity contribution is 0.100. The summed E-state index contributed by atoms with van der Waals surface area (Å²) in [6.45, 7) is 0. The van der Waals surface area contributed by atoms with Gasteiger partial charge >= 0.3 is 0 Å². The second-order valence-electron chi connectivity index (χ2n) is 3.34. The summed E-state index contributed by atoms with van der Waals surface area (Å²) < 4.78 is 9.37. The molecule has 1 aromatic heterocycles. The lowest BCUT2D eigenvalue weighted by Gasteiger charge is -2.06. The number of nitrogens with zero attached hydrogens (tertiary/aromatic N) is 1. The summed E-state index contributed by atoms with van der Waals surface area (Å²) in [5, 5.41) is 0. The van der Waals surface area contributed by atoms with E-state index in [4.69, 9.17) is 16.2 Å². The zero-order valence-electron chi connectivity index (χ0n) is 9.14. The van der Waals surface area contributed by atoms with Crippen molar-refractivity contribution >= 4 is 23.1 Å². The Kier molecular flexibility index (Phi) is 2.97. The molecule has 2 rings (SSSR count). The number of carbonyl (C=O) groups excluding carboxylic acids is 1. The minimum Gasteiger partial charge on any atom is -0.496 e. The first kappa shape index (κ1) is 11.4. The summed E-state index contributed by atoms with van der Waals surface area (Å²) in [7, 11) is 1.57. The molecule has 5 nitrogen and oxygen atoms in total. The molecule has 0 spiro atoms. The molecule has 88 valence electrons. The highest BCUT2D eigenvalue weighted by Crippen LogP contribution is 2.35. The number of anilines is 1. The van der Waals surface area contributed by atoms with Crippen LogP contribution in [-0.4, -0.2) is 17.4 Å². The third-order valence-electron chi connectivity index (χ3n) is 2.31. The number of ether oxygens (including phenoxy) is 1. The first-order valence-electron chi connectivity index (χ1n) is 4.83. The van der Waals surface area contributed by atoms with Crippen molar-refractivity contribution in [2.45, 2.75) is 0 Å². The van der Waals surface area contributed by atoms with Crippen molar-refractivity contribution in [3.05, 3.63) is 29.1 Å². The quantitative estimate of drug-likeness (QED) is 0.862. The van der Waals surface area contributed by atoms with Crippen LogP contribution >= 0.6 is 11.5 Å². The van der Waals surface area contributed by atoms with Gasteiger partial charge in [0.15, 0.2) is 0 Å². The molecular formula is C11H11N3O2S. The molecule has 0 saturated heterocycles. The molecular weight excluding hydrogens is 238 g/mol. The van der Waals surface area contributed by atoms with Gasteiger partial charge in [0, 0.05) is 5.56 Å². The maximum Gasteiger partial charge on any atom is 0.262 e. The monoisotopic (exact) mass is 249 g/mol. The normalized spacial score (nSPS) is 10.2. The molecule has 0 aliphatic heterocycles. The molecule has 1 aromatic carbocycles. The van der Waals surface area contributed by atoms with Crippen molar-refractivity contribution in [3.63, 3.8) is 0 Å². The average molecular weight is 249 g/mol. The van der Waals surface area contributed by atoms with E-state index in [9.17, 15) is 4.79 Å². The second kappa shape index (κ2) is 4.42. The molecule has 17 heavy (non-hydrogen) atoms. The van der Waals surface area contributed by atoms with Crippen LogP contribution in [0.3, 0.4) is 0 Å². The van der Waals surface area contributed by atoms with Gasteiger partial charge in [0.05, 0.1) is 12.8 Å². The Labute approximate surface area is 102 Å². The maximum absolute atomic E-state index is 11.1. The summed E-state index contributed by atoms with van der Waals surface area (Å²) in [4.78, 5) is 11.4. The van der Waals surface area contributed by atoms with Gasteiger partial charge in [0.2, 0.25) is 0 Å². The van der Waals surface area contributed by atoms with Gasteiger partial charge < -0.3 is 16.2 Å². The van der Waals surface area contributed by atoms with E-state index in [2.05, 4.69) is 4.37 Å². The van der Waals surface area contributed by atoms with Crippen LogP contribution < -0.4 is 16.2 Å². The number of aromatic nitrogens is 1. The van der Waals surface area contributed by atoms with Gasteiger partial charge in [-0.25, -0.2) is 0 Å². The zero-order valence-corrected chi connectivity index (χ0v) is 9.95. The van der Waals surface area contributed by atoms with Crippen LogP contribution in [0, 0.1) is 0 Å². The number of nitrogens with two attached hydrogens (primary N) is 2. The minimum absolute atomic E-state index is 0.269. The predicted octanol–water partition coefficient (Wildman–Crippen LogP) is 1.50. The van der Waals surface area contributed by atoms with Crippen molar-refractivity contribution in [2.24, 2.45) is 5.73 Å². The fourth-order valence-corrected chi connectivity index (χ4v) is 2.17. The van der Waals surface area contributed by atoms with E-state index in [1.165, 1.54) is 0 Å². The first-order chi connectivity index (χ1) is 8.15. The van der Waals surface area contributed by atoms with Crippen molar-refractivity contribution in [1.82, 2.24) is 4.37 Å². The highest BCUT2D eigenvalue weighted by atomic mass is 32.1. The molecule has 1 heterocycles. The third kappa shape index (κ3) is 1.94. The van der Waals surface area contributed by atoms with Gasteiger partial charge in [0.1, 0.15) is 16.3 Å². The lowest BCUT2D eigenvalue weighted by Crippen LogP contribution is -2.10. The summed E-state index contributed by atoms with van der Waals surface area (Å²) in [5.41, 5.74) is 12.6. The smallest absolute Gasteiger partial charge is 0.262 e. The third-order valence-corrected chi connectivity index (χ3v) is 3.19. The molecule has 0 bridgehead atoms. The van der Waals surface area contributed by atoms with Gasteiger partial charge in [-0.3, -0.25) is 4.79 Å². The van der Waals surface area contributed by atoms with Crippen LogP contribution in [0.2, 0.25) is 0 Å². The Hall–Kier alpha value is -2.08. The number of methoxy groups -OCH3 is 1. The Morgan fingerprint density at radius 1 is 1.41 bits per heavy atom. The molecule has 0 aliphatic rings. The van der Waals surface area contributed by atoms with Crippen molar-refractivity contribution in [3.8, 4) is 17.0 Å². The first-order valence-corrected chi connectivity index (χ1v) is 5.60. The fourth-order valence-electron chi connectivity index (χ4n) is 1.51. The van der Waals surface area contributed by atoms with Gasteiger partial charge in [-0.1, -0.05) is 12.1 Å². The van der Waals surface area contributed by atoms with E-state index in [-0.39, 0.29) is 4.88 Å². The van der Waals surface area contributed by atoms with Crippen LogP contribution in [0.25, 0.3) is 11.3 Å². The molecule has 1 amide bonds. The number of amides is 1. The second-order valence-corrected chi connectivity index (χ2v) is 4.11. The minimum atomic E-state index is -0.568. The molecule has 0 fully saturated rings. The fraction of sp³-hybridized carbons (Fsp3) is 0.0909. The van der Waals surface area contributed by atoms with Crippen LogP contribution in [0.15, 0.2) is 24.3 Å². The number of nitrogen functional groups attached to an aromatic ring is 1. The number of primary amides is 1. The Bertz CT molecular complexity index is 566. The Morgan fingerprint density at radius 3 is 2.71 bits per heavy atom. The molecule has 0 saturated carbocycles. The standard InChI is InChI=1S/C11H11N3O2S/c1-16-7-5-3-2-4-6(7)9-8(12)10(11(13)15)17-14-9/h2-5H,12H2,1H3,(H2,13,15). The Balaban J connectivity index is 2.57. The van der Waals surface area contributed by atoms with Crippen molar-refractivity contribution in [1.29, 1.82) is 0 Å². The molecule has 0 radical (unpaired) electrons. The number of carbonyl (C=O) groups is 1. The SMILES string of the molecule is COc1ccccc1-c1nsc(C(N)=O)c1N. The van der Waals surface area contributed by atoms with E-state index in [1.807, 2.05) is 18.2 Å². The molecule has 2 aromatic rings. The summed E-state index contributed by atoms with van der Waals surface area (Å²) in [6, 6.07) is 7.33. The number of hydrogen-bond acceptors (Lipinski definition) is 5. The summed E-state index contributed by atoms with van der Waals surface area (Å²) >= 11 is 0.993. The van der Waals surface area contributed by atoms with Crippen LogP contribution in [0.4, 0.5) is 5.69 Å². The number of para-hydroxylation sites is 1. The van der Waals surface area contributed by atoms with Crippen LogP contribution in [-0.2, 0) is 0 Å². The molecule has 0 atom stereocenters. The van der Waals surface area contributed by atoms with Gasteiger partial charge in [-0.05, 0) is 23.7 Å². The summed E-state index contributed by atoms with van der Waals surface area (Å²) in [6.07, 6.45) is 0. The molecule has 4 N–H and O–H groups in total. The topological polar surface area (TPSA) is 91.2 Å². The number of benzene rings is 1. The molecule has 6 heteroatoms. The van der Waals surface area contributed by atoms with E-state index in [0.717, 1.165) is 17.1 Å². The van der Waals surface area contributed by atoms with E-state index in [0.29, 0.717) is 17.1 Å². The van der Waals surface area contributed by atoms with Crippen molar-refractivity contribution < 1.29 is 9.53 Å². The van der Waals surface area contributed by atoms with Crippen LogP contribution in [0.1, 0.15) is 9.67 Å². The van der Waals surface area contributed by atoms with Gasteiger partial charge in [-0.2, -0.15) is 4.37 Å². The largest absolute Gasteiger partial charge is 0.496 e. The summed E-state index contributed by atoms with van der Waals surface area (Å²) in [5.74, 6) is 0.0849. The van der Waals surface area contributed by atoms with E-state index in [1.54, 1.807) is 13.2 Å². The molecule has 0 unspecified atom stereocenters. The van der Waals surface area contributed by atoms with Gasteiger partial charge in [-0.15, -0.1) is 0 Å². The maximum atomic E-state index is 11.1. The lowest BCUT2D eigenvalue weighted by atomic mass is 10.1. The molecule has 0 aliphatic carbocycles. The van der Waals surface area contributed by atoms with Crippen molar-refractivity contribution in [2.75, 3.05) is 12.8 Å². The highest BCUT2D eigenvalue weighted by Gasteiger charge is 2.18. The predicted molar refractivity (Wildman–Crippen MR) is 67.0 cm³/mol. The number of hydrogen-bond donors (Lipinski definition) is 2. The zero-order chi connectivity index (χ0) is 12.4. The number of rotatable bonds is 3. The van der Waals surface area contributed by atoms with Crippen LogP contribution in [0.5, 0.6) is 5.75 Å². The highest BCUT2D eigenvalue weighted by molar-refractivity contribution is 7.09. The van der Waals surface area contributed by atoms with E-state index >= 15 is 0 Å². The average Bonchev–Trinajstić information content (AvgIpc) is 2.71. The van der Waals surface area contributed by atoms with Gasteiger partial charge in [0.25, 0.3) is 5.91 Å². The Morgan fingerprint density at radius 2 is 2.12 bits per heavy atom. The van der Waals surface area contributed by atoms with E-state index < -0.39 is 5.91 Å².